The number of halogens is 1. The van der Waals surface area contributed by atoms with E-state index >= 15 is 0 Å². The highest BCUT2D eigenvalue weighted by molar-refractivity contribution is 7.19. The van der Waals surface area contributed by atoms with Crippen LogP contribution in [0.15, 0.2) is 36.5 Å². The summed E-state index contributed by atoms with van der Waals surface area (Å²) in [5, 5.41) is 21.3. The van der Waals surface area contributed by atoms with Gasteiger partial charge in [-0.1, -0.05) is 35.1 Å². The van der Waals surface area contributed by atoms with Crippen LogP contribution in [0.25, 0.3) is 15.7 Å². The molecular weight excluding hydrogens is 308 g/mol. The Morgan fingerprint density at radius 3 is 2.76 bits per heavy atom. The maximum absolute atomic E-state index is 5.90. The third-order valence-electron chi connectivity index (χ3n) is 3.06. The molecule has 3 aromatic heterocycles. The van der Waals surface area contributed by atoms with Crippen molar-refractivity contribution in [3.8, 4) is 10.7 Å². The summed E-state index contributed by atoms with van der Waals surface area (Å²) < 4.78 is 1.77. The van der Waals surface area contributed by atoms with Crippen LogP contribution in [-0.2, 0) is 6.42 Å². The van der Waals surface area contributed by atoms with Gasteiger partial charge in [0.05, 0.1) is 5.69 Å². The van der Waals surface area contributed by atoms with Crippen molar-refractivity contribution < 1.29 is 0 Å². The van der Waals surface area contributed by atoms with Gasteiger partial charge >= 0.3 is 0 Å². The number of rotatable bonds is 3. The van der Waals surface area contributed by atoms with Gasteiger partial charge in [-0.05, 0) is 23.8 Å². The van der Waals surface area contributed by atoms with Crippen molar-refractivity contribution in [3.05, 3.63) is 52.9 Å². The Bertz CT molecular complexity index is 877. The highest BCUT2D eigenvalue weighted by Crippen LogP contribution is 2.24. The molecule has 3 heterocycles. The lowest BCUT2D eigenvalue weighted by molar-refractivity contribution is 0.853. The van der Waals surface area contributed by atoms with Gasteiger partial charge in [0.1, 0.15) is 0 Å². The number of benzene rings is 1. The first-order valence-corrected chi connectivity index (χ1v) is 7.44. The van der Waals surface area contributed by atoms with Gasteiger partial charge in [-0.2, -0.15) is 14.7 Å². The first-order chi connectivity index (χ1) is 10.3. The van der Waals surface area contributed by atoms with Crippen molar-refractivity contribution in [1.29, 1.82) is 0 Å². The molecule has 0 aliphatic carbocycles. The highest BCUT2D eigenvalue weighted by Gasteiger charge is 2.13. The molecular formula is C13H9ClN6S. The van der Waals surface area contributed by atoms with E-state index in [1.54, 1.807) is 10.7 Å². The second kappa shape index (κ2) is 4.94. The SMILES string of the molecule is Clc1ccc(Cc2nnc3sc(-c4ccn[nH]4)nn23)cc1. The fraction of sp³-hybridized carbons (Fsp3) is 0.0769. The summed E-state index contributed by atoms with van der Waals surface area (Å²) in [6.07, 6.45) is 2.36. The zero-order valence-electron chi connectivity index (χ0n) is 10.7. The van der Waals surface area contributed by atoms with Crippen LogP contribution in [0, 0.1) is 0 Å². The van der Waals surface area contributed by atoms with Crippen molar-refractivity contribution in [1.82, 2.24) is 30.0 Å². The lowest BCUT2D eigenvalue weighted by Crippen LogP contribution is -1.97. The predicted octanol–water partition coefficient (Wildman–Crippen LogP) is 2.82. The van der Waals surface area contributed by atoms with Gasteiger partial charge in [0.15, 0.2) is 10.8 Å². The van der Waals surface area contributed by atoms with Gasteiger partial charge in [-0.15, -0.1) is 10.2 Å². The Morgan fingerprint density at radius 2 is 2.00 bits per heavy atom. The molecule has 4 rings (SSSR count). The standard InChI is InChI=1S/C13H9ClN6S/c14-9-3-1-8(2-4-9)7-11-17-18-13-20(11)19-12(21-13)10-5-6-15-16-10/h1-6H,7H2,(H,15,16). The van der Waals surface area contributed by atoms with Crippen LogP contribution in [0.5, 0.6) is 0 Å². The average molecular weight is 317 g/mol. The Balaban J connectivity index is 1.71. The van der Waals surface area contributed by atoms with Crippen LogP contribution in [0.1, 0.15) is 11.4 Å². The molecule has 0 saturated carbocycles. The summed E-state index contributed by atoms with van der Waals surface area (Å²) >= 11 is 7.37. The fourth-order valence-corrected chi connectivity index (χ4v) is 3.00. The number of hydrogen-bond acceptors (Lipinski definition) is 5. The van der Waals surface area contributed by atoms with Gasteiger partial charge in [-0.25, -0.2) is 0 Å². The minimum Gasteiger partial charge on any atom is -0.275 e. The van der Waals surface area contributed by atoms with Crippen molar-refractivity contribution in [2.24, 2.45) is 0 Å². The molecule has 0 atom stereocenters. The van der Waals surface area contributed by atoms with Crippen LogP contribution in [0.3, 0.4) is 0 Å². The van der Waals surface area contributed by atoms with E-state index in [1.807, 2.05) is 30.3 Å². The minimum atomic E-state index is 0.657. The predicted molar refractivity (Wildman–Crippen MR) is 80.5 cm³/mol. The molecule has 6 nitrogen and oxygen atoms in total. The van der Waals surface area contributed by atoms with E-state index < -0.39 is 0 Å². The number of H-pyrrole nitrogens is 1. The molecule has 1 aromatic carbocycles. The Kier molecular flexibility index (Phi) is 2.94. The van der Waals surface area contributed by atoms with E-state index in [1.165, 1.54) is 11.3 Å². The number of hydrogen-bond donors (Lipinski definition) is 1. The van der Waals surface area contributed by atoms with E-state index in [0.717, 1.165) is 32.1 Å². The maximum Gasteiger partial charge on any atom is 0.235 e. The number of nitrogens with one attached hydrogen (secondary N) is 1. The second-order valence-corrected chi connectivity index (χ2v) is 5.88. The molecule has 104 valence electrons. The third-order valence-corrected chi connectivity index (χ3v) is 4.25. The van der Waals surface area contributed by atoms with Gasteiger partial charge < -0.3 is 0 Å². The van der Waals surface area contributed by atoms with E-state index in [9.17, 15) is 0 Å². The van der Waals surface area contributed by atoms with E-state index in [-0.39, 0.29) is 0 Å². The number of nitrogens with zero attached hydrogens (tertiary/aromatic N) is 5. The summed E-state index contributed by atoms with van der Waals surface area (Å²) in [6.45, 7) is 0. The Morgan fingerprint density at radius 1 is 1.14 bits per heavy atom. The monoisotopic (exact) mass is 316 g/mol. The zero-order valence-corrected chi connectivity index (χ0v) is 12.3. The molecule has 0 spiro atoms. The lowest BCUT2D eigenvalue weighted by Gasteiger charge is -1.98. The smallest absolute Gasteiger partial charge is 0.235 e. The van der Waals surface area contributed by atoms with Gasteiger partial charge in [-0.3, -0.25) is 5.10 Å². The highest BCUT2D eigenvalue weighted by atomic mass is 35.5. The molecule has 0 amide bonds. The quantitative estimate of drug-likeness (QED) is 0.631. The topological polar surface area (TPSA) is 71.8 Å². The molecule has 1 N–H and O–H groups in total. The fourth-order valence-electron chi connectivity index (χ4n) is 2.04. The van der Waals surface area contributed by atoms with Crippen molar-refractivity contribution in [2.45, 2.75) is 6.42 Å². The van der Waals surface area contributed by atoms with E-state index in [2.05, 4.69) is 25.5 Å². The Labute approximate surface area is 128 Å². The first kappa shape index (κ1) is 12.5. The number of aromatic nitrogens is 6. The normalized spacial score (nSPS) is 11.3. The average Bonchev–Trinajstić information content (AvgIpc) is 3.18. The molecule has 0 radical (unpaired) electrons. The molecule has 21 heavy (non-hydrogen) atoms. The summed E-state index contributed by atoms with van der Waals surface area (Å²) in [4.78, 5) is 0.767. The zero-order chi connectivity index (χ0) is 14.2. The molecule has 8 heteroatoms. The lowest BCUT2D eigenvalue weighted by atomic mass is 10.1. The maximum atomic E-state index is 5.90. The molecule has 0 unspecified atom stereocenters. The van der Waals surface area contributed by atoms with E-state index in [0.29, 0.717) is 6.42 Å². The summed E-state index contributed by atoms with van der Waals surface area (Å²) in [5.41, 5.74) is 1.99. The van der Waals surface area contributed by atoms with Crippen LogP contribution in [0.2, 0.25) is 5.02 Å². The molecule has 0 saturated heterocycles. The number of aromatic amines is 1. The summed E-state index contributed by atoms with van der Waals surface area (Å²) in [6, 6.07) is 9.57. The summed E-state index contributed by atoms with van der Waals surface area (Å²) in [5.74, 6) is 0.800. The van der Waals surface area contributed by atoms with Crippen LogP contribution < -0.4 is 0 Å². The van der Waals surface area contributed by atoms with Gasteiger partial charge in [0, 0.05) is 17.6 Å². The van der Waals surface area contributed by atoms with Crippen molar-refractivity contribution in [3.63, 3.8) is 0 Å². The summed E-state index contributed by atoms with van der Waals surface area (Å²) in [7, 11) is 0. The molecule has 0 aliphatic rings. The van der Waals surface area contributed by atoms with Crippen molar-refractivity contribution >= 4 is 27.9 Å². The molecule has 0 bridgehead atoms. The molecule has 0 fully saturated rings. The van der Waals surface area contributed by atoms with Crippen molar-refractivity contribution in [2.75, 3.05) is 0 Å². The van der Waals surface area contributed by atoms with Gasteiger partial charge in [0.2, 0.25) is 4.96 Å². The second-order valence-electron chi connectivity index (χ2n) is 4.49. The van der Waals surface area contributed by atoms with Gasteiger partial charge in [0.25, 0.3) is 0 Å². The van der Waals surface area contributed by atoms with Crippen LogP contribution >= 0.6 is 22.9 Å². The molecule has 4 aromatic rings. The van der Waals surface area contributed by atoms with Crippen LogP contribution in [-0.4, -0.2) is 30.0 Å². The van der Waals surface area contributed by atoms with E-state index in [4.69, 9.17) is 11.6 Å². The largest absolute Gasteiger partial charge is 0.275 e. The third kappa shape index (κ3) is 2.30. The number of fused-ring (bicyclic) bond motifs is 1. The molecule has 0 aliphatic heterocycles. The first-order valence-electron chi connectivity index (χ1n) is 6.25. The van der Waals surface area contributed by atoms with Crippen LogP contribution in [0.4, 0.5) is 0 Å². The minimum absolute atomic E-state index is 0.657. The Hall–Kier alpha value is -2.25.